The fourth-order valence-corrected chi connectivity index (χ4v) is 5.22. The molecule has 0 radical (unpaired) electrons. The second-order valence-electron chi connectivity index (χ2n) is 6.06. The summed E-state index contributed by atoms with van der Waals surface area (Å²) in [6, 6.07) is 8.69. The van der Waals surface area contributed by atoms with Gasteiger partial charge in [-0.25, -0.2) is 13.1 Å². The van der Waals surface area contributed by atoms with E-state index in [1.165, 1.54) is 25.7 Å². The van der Waals surface area contributed by atoms with Crippen molar-refractivity contribution in [2.75, 3.05) is 0 Å². The quantitative estimate of drug-likeness (QED) is 0.921. The Bertz CT molecular complexity index is 541. The standard InChI is InChI=1S/C15H21NO2S/c1-11(15-10-12-7-8-13(15)9-12)16-19(17,18)14-5-3-2-4-6-14/h2-6,11-13,15-16H,7-10H2,1H3/t11-,12-,13-,15-/m0/s1. The summed E-state index contributed by atoms with van der Waals surface area (Å²) < 4.78 is 27.5. The van der Waals surface area contributed by atoms with Crippen molar-refractivity contribution < 1.29 is 8.42 Å². The molecule has 1 N–H and O–H groups in total. The zero-order valence-electron chi connectivity index (χ0n) is 11.2. The van der Waals surface area contributed by atoms with Crippen molar-refractivity contribution >= 4 is 10.0 Å². The predicted molar refractivity (Wildman–Crippen MR) is 75.2 cm³/mol. The highest BCUT2D eigenvalue weighted by Crippen LogP contribution is 2.49. The van der Waals surface area contributed by atoms with Crippen LogP contribution in [0.15, 0.2) is 35.2 Å². The number of fused-ring (bicyclic) bond motifs is 2. The van der Waals surface area contributed by atoms with Crippen molar-refractivity contribution in [1.29, 1.82) is 0 Å². The van der Waals surface area contributed by atoms with Crippen molar-refractivity contribution in [3.63, 3.8) is 0 Å². The molecule has 104 valence electrons. The summed E-state index contributed by atoms with van der Waals surface area (Å²) in [6.45, 7) is 2.02. The van der Waals surface area contributed by atoms with Crippen molar-refractivity contribution in [3.8, 4) is 0 Å². The van der Waals surface area contributed by atoms with Crippen molar-refractivity contribution in [1.82, 2.24) is 4.72 Å². The summed E-state index contributed by atoms with van der Waals surface area (Å²) in [5.74, 6) is 2.11. The van der Waals surface area contributed by atoms with E-state index in [9.17, 15) is 8.42 Å². The highest BCUT2D eigenvalue weighted by Gasteiger charge is 2.42. The van der Waals surface area contributed by atoms with Crippen LogP contribution < -0.4 is 4.72 Å². The minimum atomic E-state index is -3.36. The van der Waals surface area contributed by atoms with E-state index in [4.69, 9.17) is 0 Å². The van der Waals surface area contributed by atoms with E-state index in [1.807, 2.05) is 13.0 Å². The summed E-state index contributed by atoms with van der Waals surface area (Å²) in [6.07, 6.45) is 5.14. The first-order valence-electron chi connectivity index (χ1n) is 7.13. The number of nitrogens with one attached hydrogen (secondary N) is 1. The van der Waals surface area contributed by atoms with E-state index in [-0.39, 0.29) is 6.04 Å². The topological polar surface area (TPSA) is 46.2 Å². The van der Waals surface area contributed by atoms with E-state index in [0.29, 0.717) is 10.8 Å². The van der Waals surface area contributed by atoms with Gasteiger partial charge in [-0.05, 0) is 56.1 Å². The molecule has 4 atom stereocenters. The van der Waals surface area contributed by atoms with Crippen LogP contribution in [0.2, 0.25) is 0 Å². The van der Waals surface area contributed by atoms with Crippen LogP contribution in [0.25, 0.3) is 0 Å². The minimum Gasteiger partial charge on any atom is -0.208 e. The Morgan fingerprint density at radius 3 is 2.47 bits per heavy atom. The molecule has 4 heteroatoms. The molecule has 2 aliphatic carbocycles. The minimum absolute atomic E-state index is 0.0421. The Morgan fingerprint density at radius 1 is 1.16 bits per heavy atom. The predicted octanol–water partition coefficient (Wildman–Crippen LogP) is 2.79. The Labute approximate surface area is 115 Å². The maximum Gasteiger partial charge on any atom is 0.240 e. The lowest BCUT2D eigenvalue weighted by atomic mass is 9.84. The maximum atomic E-state index is 12.3. The average molecular weight is 279 g/mol. The van der Waals surface area contributed by atoms with E-state index in [2.05, 4.69) is 4.72 Å². The fourth-order valence-electron chi connectivity index (χ4n) is 3.91. The summed E-state index contributed by atoms with van der Waals surface area (Å²) in [5, 5.41) is 0. The third kappa shape index (κ3) is 2.56. The SMILES string of the molecule is C[C@H](NS(=O)(=O)c1ccccc1)[C@@H]1C[C@H]2CC[C@H]1C2. The zero-order chi connectivity index (χ0) is 13.5. The summed E-state index contributed by atoms with van der Waals surface area (Å²) >= 11 is 0. The molecule has 2 aliphatic rings. The molecular formula is C15H21NO2S. The number of hydrogen-bond acceptors (Lipinski definition) is 2. The number of hydrogen-bond donors (Lipinski definition) is 1. The summed E-state index contributed by atoms with van der Waals surface area (Å²) in [7, 11) is -3.36. The molecule has 19 heavy (non-hydrogen) atoms. The lowest BCUT2D eigenvalue weighted by Gasteiger charge is -2.28. The molecule has 2 bridgehead atoms. The molecule has 1 aromatic carbocycles. The first-order chi connectivity index (χ1) is 9.06. The van der Waals surface area contributed by atoms with Gasteiger partial charge in [-0.15, -0.1) is 0 Å². The lowest BCUT2D eigenvalue weighted by molar-refractivity contribution is 0.280. The molecule has 2 fully saturated rings. The van der Waals surface area contributed by atoms with Crippen molar-refractivity contribution in [3.05, 3.63) is 30.3 Å². The highest BCUT2D eigenvalue weighted by atomic mass is 32.2. The van der Waals surface area contributed by atoms with E-state index >= 15 is 0 Å². The van der Waals surface area contributed by atoms with Crippen LogP contribution in [-0.2, 0) is 10.0 Å². The van der Waals surface area contributed by atoms with Gasteiger partial charge in [0.15, 0.2) is 0 Å². The number of sulfonamides is 1. The van der Waals surface area contributed by atoms with Gasteiger partial charge in [0, 0.05) is 6.04 Å². The fraction of sp³-hybridized carbons (Fsp3) is 0.600. The molecule has 0 saturated heterocycles. The normalized spacial score (nSPS) is 31.5. The third-order valence-electron chi connectivity index (χ3n) is 4.83. The zero-order valence-corrected chi connectivity index (χ0v) is 12.1. The molecule has 2 saturated carbocycles. The van der Waals surface area contributed by atoms with Crippen molar-refractivity contribution in [2.45, 2.75) is 43.5 Å². The Morgan fingerprint density at radius 2 is 1.89 bits per heavy atom. The van der Waals surface area contributed by atoms with Crippen LogP contribution in [0.3, 0.4) is 0 Å². The van der Waals surface area contributed by atoms with E-state index in [1.54, 1.807) is 24.3 Å². The molecule has 0 aromatic heterocycles. The molecule has 0 amide bonds. The molecule has 3 nitrogen and oxygen atoms in total. The van der Waals surface area contributed by atoms with Gasteiger partial charge >= 0.3 is 0 Å². The summed E-state index contributed by atoms with van der Waals surface area (Å²) in [5.41, 5.74) is 0. The molecular weight excluding hydrogens is 258 g/mol. The first kappa shape index (κ1) is 13.1. The number of benzene rings is 1. The van der Waals surface area contributed by atoms with Crippen LogP contribution in [0, 0.1) is 17.8 Å². The molecule has 3 rings (SSSR count). The van der Waals surface area contributed by atoms with Crippen molar-refractivity contribution in [2.24, 2.45) is 17.8 Å². The van der Waals surface area contributed by atoms with Gasteiger partial charge < -0.3 is 0 Å². The van der Waals surface area contributed by atoms with Crippen LogP contribution in [0.5, 0.6) is 0 Å². The summed E-state index contributed by atoms with van der Waals surface area (Å²) in [4.78, 5) is 0.366. The van der Waals surface area contributed by atoms with Gasteiger partial charge in [-0.3, -0.25) is 0 Å². The van der Waals surface area contributed by atoms with Gasteiger partial charge in [0.2, 0.25) is 10.0 Å². The molecule has 0 heterocycles. The Balaban J connectivity index is 1.71. The molecule has 0 spiro atoms. The average Bonchev–Trinajstić information content (AvgIpc) is 3.01. The van der Waals surface area contributed by atoms with Gasteiger partial charge in [0.1, 0.15) is 0 Å². The lowest BCUT2D eigenvalue weighted by Crippen LogP contribution is -2.40. The smallest absolute Gasteiger partial charge is 0.208 e. The van der Waals surface area contributed by atoms with E-state index in [0.717, 1.165) is 11.8 Å². The first-order valence-corrected chi connectivity index (χ1v) is 8.62. The largest absolute Gasteiger partial charge is 0.240 e. The molecule has 0 unspecified atom stereocenters. The maximum absolute atomic E-state index is 12.3. The molecule has 1 aromatic rings. The van der Waals surface area contributed by atoms with Crippen LogP contribution in [-0.4, -0.2) is 14.5 Å². The van der Waals surface area contributed by atoms with Crippen LogP contribution in [0.4, 0.5) is 0 Å². The third-order valence-corrected chi connectivity index (χ3v) is 6.40. The highest BCUT2D eigenvalue weighted by molar-refractivity contribution is 7.89. The monoisotopic (exact) mass is 279 g/mol. The number of rotatable bonds is 4. The van der Waals surface area contributed by atoms with Gasteiger partial charge in [-0.2, -0.15) is 0 Å². The second-order valence-corrected chi connectivity index (χ2v) is 7.78. The second kappa shape index (κ2) is 4.91. The van der Waals surface area contributed by atoms with E-state index < -0.39 is 10.0 Å². The molecule has 0 aliphatic heterocycles. The Hall–Kier alpha value is -0.870. The van der Waals surface area contributed by atoms with Gasteiger partial charge in [0.25, 0.3) is 0 Å². The Kier molecular flexibility index (Phi) is 3.39. The van der Waals surface area contributed by atoms with Gasteiger partial charge in [-0.1, -0.05) is 24.6 Å². The van der Waals surface area contributed by atoms with Crippen LogP contribution in [0.1, 0.15) is 32.6 Å². The van der Waals surface area contributed by atoms with Gasteiger partial charge in [0.05, 0.1) is 4.90 Å². The van der Waals surface area contributed by atoms with Crippen LogP contribution >= 0.6 is 0 Å².